The summed E-state index contributed by atoms with van der Waals surface area (Å²) in [4.78, 5) is 0. The molecular formula is C13H21N5. The molecule has 5 rings (SSSR count). The summed E-state index contributed by atoms with van der Waals surface area (Å²) < 4.78 is 0. The molecule has 1 heterocycles. The van der Waals surface area contributed by atoms with Gasteiger partial charge in [-0.2, -0.15) is 5.21 Å². The van der Waals surface area contributed by atoms with Crippen LogP contribution in [-0.2, 0) is 0 Å². The lowest BCUT2D eigenvalue weighted by Gasteiger charge is -2.58. The van der Waals surface area contributed by atoms with Crippen LogP contribution in [0, 0.1) is 23.2 Å². The van der Waals surface area contributed by atoms with Crippen LogP contribution in [-0.4, -0.2) is 27.7 Å². The molecule has 1 unspecified atom stereocenters. The maximum Gasteiger partial charge on any atom is 0.191 e. The first-order valence-corrected chi connectivity index (χ1v) is 7.20. The van der Waals surface area contributed by atoms with Crippen LogP contribution in [0.15, 0.2) is 0 Å². The highest BCUT2D eigenvalue weighted by Crippen LogP contribution is 2.63. The van der Waals surface area contributed by atoms with Crippen molar-refractivity contribution in [1.29, 1.82) is 0 Å². The molecule has 4 fully saturated rings. The van der Waals surface area contributed by atoms with Crippen molar-refractivity contribution >= 4 is 0 Å². The number of rotatable bonds is 3. The van der Waals surface area contributed by atoms with E-state index in [2.05, 4.69) is 25.9 Å². The van der Waals surface area contributed by atoms with Crippen molar-refractivity contribution in [3.8, 4) is 0 Å². The molecule has 0 aliphatic heterocycles. The number of tetrazole rings is 1. The number of nitrogens with one attached hydrogen (secondary N) is 2. The highest BCUT2D eigenvalue weighted by Gasteiger charge is 2.55. The molecule has 0 amide bonds. The summed E-state index contributed by atoms with van der Waals surface area (Å²) in [6, 6.07) is 0.282. The van der Waals surface area contributed by atoms with Crippen LogP contribution >= 0.6 is 0 Å². The number of hydrogen-bond acceptors (Lipinski definition) is 4. The average Bonchev–Trinajstić information content (AvgIpc) is 2.81. The van der Waals surface area contributed by atoms with E-state index in [0.717, 1.165) is 23.6 Å². The summed E-state index contributed by atoms with van der Waals surface area (Å²) in [5.74, 6) is 3.73. The minimum Gasteiger partial charge on any atom is -0.310 e. The van der Waals surface area contributed by atoms with Crippen LogP contribution in [0.25, 0.3) is 0 Å². The standard InChI is InChI=1S/C13H21N5/c1-14-11(12-15-17-18-16-12)13-5-8-2-9(6-13)4-10(3-8)7-13/h8-11,14H,2-7H2,1H3,(H,15,16,17,18). The molecule has 5 nitrogen and oxygen atoms in total. The molecule has 2 N–H and O–H groups in total. The van der Waals surface area contributed by atoms with Gasteiger partial charge in [0.2, 0.25) is 0 Å². The van der Waals surface area contributed by atoms with E-state index in [4.69, 9.17) is 0 Å². The van der Waals surface area contributed by atoms with Crippen molar-refractivity contribution < 1.29 is 0 Å². The molecule has 4 aliphatic carbocycles. The largest absolute Gasteiger partial charge is 0.310 e. The molecule has 98 valence electrons. The average molecular weight is 247 g/mol. The second-order valence-electron chi connectivity index (χ2n) is 6.77. The molecule has 0 aromatic carbocycles. The van der Waals surface area contributed by atoms with Gasteiger partial charge in [0.05, 0.1) is 6.04 Å². The third-order valence-electron chi connectivity index (χ3n) is 5.61. The first-order valence-electron chi connectivity index (χ1n) is 7.20. The second kappa shape index (κ2) is 3.76. The van der Waals surface area contributed by atoms with Gasteiger partial charge in [-0.3, -0.25) is 0 Å². The Balaban J connectivity index is 1.70. The Morgan fingerprint density at radius 1 is 1.17 bits per heavy atom. The van der Waals surface area contributed by atoms with Gasteiger partial charge in [-0.05, 0) is 68.7 Å². The summed E-state index contributed by atoms with van der Waals surface area (Å²) >= 11 is 0. The van der Waals surface area contributed by atoms with E-state index in [-0.39, 0.29) is 6.04 Å². The van der Waals surface area contributed by atoms with Crippen molar-refractivity contribution in [3.63, 3.8) is 0 Å². The third-order valence-corrected chi connectivity index (χ3v) is 5.61. The summed E-state index contributed by atoms with van der Waals surface area (Å²) in [7, 11) is 2.04. The van der Waals surface area contributed by atoms with E-state index in [0.29, 0.717) is 5.41 Å². The first kappa shape index (κ1) is 10.9. The zero-order valence-corrected chi connectivity index (χ0v) is 10.9. The zero-order valence-electron chi connectivity index (χ0n) is 10.9. The molecule has 0 saturated heterocycles. The number of hydrogen-bond donors (Lipinski definition) is 2. The van der Waals surface area contributed by atoms with Crippen LogP contribution in [0.2, 0.25) is 0 Å². The van der Waals surface area contributed by atoms with Crippen LogP contribution in [0.1, 0.15) is 50.4 Å². The first-order chi connectivity index (χ1) is 8.79. The van der Waals surface area contributed by atoms with Crippen LogP contribution in [0.3, 0.4) is 0 Å². The van der Waals surface area contributed by atoms with Gasteiger partial charge in [0.25, 0.3) is 0 Å². The molecule has 4 aliphatic rings. The molecule has 5 heteroatoms. The lowest BCUT2D eigenvalue weighted by Crippen LogP contribution is -2.51. The Hall–Kier alpha value is -0.970. The molecule has 1 aromatic heterocycles. The molecular weight excluding hydrogens is 226 g/mol. The smallest absolute Gasteiger partial charge is 0.191 e. The lowest BCUT2D eigenvalue weighted by molar-refractivity contribution is -0.0751. The van der Waals surface area contributed by atoms with Gasteiger partial charge in [0.15, 0.2) is 5.82 Å². The normalized spacial score (nSPS) is 43.3. The molecule has 0 spiro atoms. The Kier molecular flexibility index (Phi) is 2.28. The maximum absolute atomic E-state index is 4.23. The molecule has 4 saturated carbocycles. The van der Waals surface area contributed by atoms with Gasteiger partial charge < -0.3 is 5.32 Å². The summed E-state index contributed by atoms with van der Waals surface area (Å²) in [5.41, 5.74) is 0.396. The number of aromatic nitrogens is 4. The fraction of sp³-hybridized carbons (Fsp3) is 0.923. The topological polar surface area (TPSA) is 66.5 Å². The van der Waals surface area contributed by atoms with Crippen LogP contribution in [0.4, 0.5) is 0 Å². The van der Waals surface area contributed by atoms with Crippen molar-refractivity contribution in [1.82, 2.24) is 25.9 Å². The second-order valence-corrected chi connectivity index (χ2v) is 6.77. The monoisotopic (exact) mass is 247 g/mol. The molecule has 0 radical (unpaired) electrons. The zero-order chi connectivity index (χ0) is 12.2. The minimum absolute atomic E-state index is 0.282. The van der Waals surface area contributed by atoms with E-state index in [1.165, 1.54) is 38.5 Å². The Labute approximate surface area is 107 Å². The molecule has 1 aromatic rings. The summed E-state index contributed by atoms with van der Waals surface area (Å²) in [6.45, 7) is 0. The Morgan fingerprint density at radius 2 is 1.78 bits per heavy atom. The van der Waals surface area contributed by atoms with Gasteiger partial charge in [0.1, 0.15) is 0 Å². The minimum atomic E-state index is 0.282. The predicted octanol–water partition coefficient (Wildman–Crippen LogP) is 1.68. The van der Waals surface area contributed by atoms with E-state index >= 15 is 0 Å². The van der Waals surface area contributed by atoms with Crippen molar-refractivity contribution in [2.24, 2.45) is 23.2 Å². The lowest BCUT2D eigenvalue weighted by atomic mass is 9.47. The molecule has 18 heavy (non-hydrogen) atoms. The van der Waals surface area contributed by atoms with E-state index in [9.17, 15) is 0 Å². The number of H-pyrrole nitrogens is 1. The van der Waals surface area contributed by atoms with Crippen molar-refractivity contribution in [2.75, 3.05) is 7.05 Å². The molecule has 1 atom stereocenters. The van der Waals surface area contributed by atoms with Gasteiger partial charge >= 0.3 is 0 Å². The summed E-state index contributed by atoms with van der Waals surface area (Å²) in [6.07, 6.45) is 8.50. The van der Waals surface area contributed by atoms with Crippen LogP contribution in [0.5, 0.6) is 0 Å². The number of aromatic amines is 1. The van der Waals surface area contributed by atoms with Crippen molar-refractivity contribution in [2.45, 2.75) is 44.6 Å². The maximum atomic E-state index is 4.23. The van der Waals surface area contributed by atoms with E-state index in [1.807, 2.05) is 7.05 Å². The SMILES string of the molecule is CNC(c1nn[nH]n1)C12CC3CC(CC(C3)C1)C2. The van der Waals surface area contributed by atoms with Gasteiger partial charge in [-0.25, -0.2) is 0 Å². The van der Waals surface area contributed by atoms with Crippen molar-refractivity contribution in [3.05, 3.63) is 5.82 Å². The van der Waals surface area contributed by atoms with Crippen LogP contribution < -0.4 is 5.32 Å². The Bertz CT molecular complexity index is 391. The van der Waals surface area contributed by atoms with Gasteiger partial charge in [-0.15, -0.1) is 10.2 Å². The fourth-order valence-electron chi connectivity index (χ4n) is 5.53. The van der Waals surface area contributed by atoms with E-state index < -0.39 is 0 Å². The van der Waals surface area contributed by atoms with E-state index in [1.54, 1.807) is 0 Å². The Morgan fingerprint density at radius 3 is 2.22 bits per heavy atom. The fourth-order valence-corrected chi connectivity index (χ4v) is 5.53. The highest BCUT2D eigenvalue weighted by atomic mass is 15.5. The number of nitrogens with zero attached hydrogens (tertiary/aromatic N) is 3. The van der Waals surface area contributed by atoms with Gasteiger partial charge in [0, 0.05) is 0 Å². The predicted molar refractivity (Wildman–Crippen MR) is 66.6 cm³/mol. The third kappa shape index (κ3) is 1.46. The molecule has 4 bridgehead atoms. The quantitative estimate of drug-likeness (QED) is 0.852. The highest BCUT2D eigenvalue weighted by molar-refractivity contribution is 5.10. The van der Waals surface area contributed by atoms with Gasteiger partial charge in [-0.1, -0.05) is 5.21 Å². The summed E-state index contributed by atoms with van der Waals surface area (Å²) in [5, 5.41) is 18.3.